The Kier molecular flexibility index (Phi) is 7.19. The van der Waals surface area contributed by atoms with Crippen molar-refractivity contribution in [1.82, 2.24) is 0 Å². The van der Waals surface area contributed by atoms with E-state index in [1.807, 2.05) is 19.1 Å². The Morgan fingerprint density at radius 3 is 2.27 bits per heavy atom. The summed E-state index contributed by atoms with van der Waals surface area (Å²) < 4.78 is 11.1. The number of hydrogen-bond donors (Lipinski definition) is 2. The van der Waals surface area contributed by atoms with Crippen LogP contribution in [-0.2, 0) is 16.1 Å². The van der Waals surface area contributed by atoms with Crippen LogP contribution in [0.2, 0.25) is 0 Å². The maximum atomic E-state index is 13.1. The van der Waals surface area contributed by atoms with Crippen LogP contribution in [0.15, 0.2) is 78.9 Å². The molecular formula is C24H23NO5. The molecule has 0 saturated carbocycles. The Labute approximate surface area is 175 Å². The lowest BCUT2D eigenvalue weighted by Crippen LogP contribution is -2.26. The molecule has 0 radical (unpaired) electrons. The zero-order chi connectivity index (χ0) is 21.3. The molecule has 2 N–H and O–H groups in total. The van der Waals surface area contributed by atoms with Crippen LogP contribution in [0, 0.1) is 0 Å². The van der Waals surface area contributed by atoms with E-state index in [-0.39, 0.29) is 12.2 Å². The Hall–Kier alpha value is -3.64. The molecule has 0 aromatic heterocycles. The van der Waals surface area contributed by atoms with Gasteiger partial charge in [-0.2, -0.15) is 0 Å². The average molecular weight is 405 g/mol. The molecule has 0 spiro atoms. The minimum absolute atomic E-state index is 0.121. The Balaban J connectivity index is 1.84. The lowest BCUT2D eigenvalue weighted by atomic mass is 10.1. The van der Waals surface area contributed by atoms with Crippen LogP contribution in [0.5, 0.6) is 5.75 Å². The van der Waals surface area contributed by atoms with Gasteiger partial charge in [-0.05, 0) is 36.8 Å². The number of aliphatic hydroxyl groups is 1. The zero-order valence-electron chi connectivity index (χ0n) is 16.6. The van der Waals surface area contributed by atoms with Gasteiger partial charge >= 0.3 is 5.97 Å². The quantitative estimate of drug-likeness (QED) is 0.551. The van der Waals surface area contributed by atoms with Gasteiger partial charge in [0.15, 0.2) is 0 Å². The third-order valence-corrected chi connectivity index (χ3v) is 4.38. The molecule has 1 amide bonds. The molecule has 3 aromatic rings. The first-order valence-corrected chi connectivity index (χ1v) is 9.60. The van der Waals surface area contributed by atoms with E-state index >= 15 is 0 Å². The monoisotopic (exact) mass is 405 g/mol. The van der Waals surface area contributed by atoms with Crippen molar-refractivity contribution in [3.63, 3.8) is 0 Å². The van der Waals surface area contributed by atoms with Gasteiger partial charge in [0.1, 0.15) is 5.75 Å². The minimum atomic E-state index is -1.15. The van der Waals surface area contributed by atoms with E-state index in [1.165, 1.54) is 0 Å². The molecule has 0 saturated heterocycles. The minimum Gasteiger partial charge on any atom is -0.492 e. The number of hydrogen-bond acceptors (Lipinski definition) is 5. The van der Waals surface area contributed by atoms with Crippen molar-refractivity contribution >= 4 is 17.6 Å². The summed E-state index contributed by atoms with van der Waals surface area (Å²) in [5.74, 6) is -0.596. The molecule has 154 valence electrons. The highest BCUT2D eigenvalue weighted by Gasteiger charge is 2.26. The van der Waals surface area contributed by atoms with Gasteiger partial charge < -0.3 is 19.9 Å². The Morgan fingerprint density at radius 2 is 1.60 bits per heavy atom. The SMILES string of the molecule is CCOc1ccccc1NC(=O)[C@@H](OC(=O)c1ccc(CO)cc1)c1ccccc1. The van der Waals surface area contributed by atoms with Gasteiger partial charge in [0.25, 0.3) is 5.91 Å². The summed E-state index contributed by atoms with van der Waals surface area (Å²) in [6.07, 6.45) is -1.15. The van der Waals surface area contributed by atoms with E-state index in [9.17, 15) is 9.59 Å². The molecule has 0 aliphatic rings. The highest BCUT2D eigenvalue weighted by Crippen LogP contribution is 2.27. The van der Waals surface area contributed by atoms with E-state index in [0.29, 0.717) is 29.2 Å². The van der Waals surface area contributed by atoms with Gasteiger partial charge in [-0.15, -0.1) is 0 Å². The molecule has 1 atom stereocenters. The highest BCUT2D eigenvalue weighted by molar-refractivity contribution is 5.99. The predicted molar refractivity (Wildman–Crippen MR) is 113 cm³/mol. The molecule has 0 fully saturated rings. The van der Waals surface area contributed by atoms with Gasteiger partial charge in [-0.3, -0.25) is 4.79 Å². The fraction of sp³-hybridized carbons (Fsp3) is 0.167. The van der Waals surface area contributed by atoms with E-state index in [1.54, 1.807) is 66.7 Å². The molecular weight excluding hydrogens is 382 g/mol. The normalized spacial score (nSPS) is 11.4. The first kappa shape index (κ1) is 21.1. The van der Waals surface area contributed by atoms with Crippen molar-refractivity contribution in [3.8, 4) is 5.75 Å². The summed E-state index contributed by atoms with van der Waals surface area (Å²) in [4.78, 5) is 25.7. The lowest BCUT2D eigenvalue weighted by molar-refractivity contribution is -0.125. The molecule has 0 heterocycles. The first-order valence-electron chi connectivity index (χ1n) is 9.60. The van der Waals surface area contributed by atoms with Crippen LogP contribution in [0.1, 0.15) is 34.5 Å². The molecule has 0 unspecified atom stereocenters. The van der Waals surface area contributed by atoms with Crippen molar-refractivity contribution in [1.29, 1.82) is 0 Å². The van der Waals surface area contributed by atoms with Gasteiger partial charge in [-0.25, -0.2) is 4.79 Å². The van der Waals surface area contributed by atoms with Gasteiger partial charge in [0.05, 0.1) is 24.5 Å². The van der Waals surface area contributed by atoms with Gasteiger partial charge in [-0.1, -0.05) is 54.6 Å². The number of anilines is 1. The van der Waals surface area contributed by atoms with Crippen LogP contribution in [0.3, 0.4) is 0 Å². The fourth-order valence-corrected chi connectivity index (χ4v) is 2.87. The van der Waals surface area contributed by atoms with E-state index in [0.717, 1.165) is 0 Å². The molecule has 6 heteroatoms. The van der Waals surface area contributed by atoms with Crippen LogP contribution in [0.25, 0.3) is 0 Å². The number of esters is 1. The van der Waals surface area contributed by atoms with E-state index in [4.69, 9.17) is 14.6 Å². The standard InChI is InChI=1S/C24H23NO5/c1-2-29-21-11-7-6-10-20(21)25-23(27)22(18-8-4-3-5-9-18)30-24(28)19-14-12-17(16-26)13-15-19/h3-15,22,26H,2,16H2,1H3,(H,25,27)/t22-/m0/s1. The molecule has 3 aromatic carbocycles. The lowest BCUT2D eigenvalue weighted by Gasteiger charge is -2.19. The molecule has 3 rings (SSSR count). The predicted octanol–water partition coefficient (Wildman–Crippen LogP) is 4.11. The first-order chi connectivity index (χ1) is 14.6. The summed E-state index contributed by atoms with van der Waals surface area (Å²) >= 11 is 0. The van der Waals surface area contributed by atoms with Crippen LogP contribution in [0.4, 0.5) is 5.69 Å². The summed E-state index contributed by atoms with van der Waals surface area (Å²) in [5.41, 5.74) is 2.00. The van der Waals surface area contributed by atoms with Gasteiger partial charge in [0.2, 0.25) is 6.10 Å². The number of rotatable bonds is 8. The van der Waals surface area contributed by atoms with Crippen LogP contribution < -0.4 is 10.1 Å². The van der Waals surface area contributed by atoms with Crippen molar-refractivity contribution in [2.45, 2.75) is 19.6 Å². The number of aliphatic hydroxyl groups excluding tert-OH is 1. The summed E-state index contributed by atoms with van der Waals surface area (Å²) in [6.45, 7) is 2.19. The topological polar surface area (TPSA) is 84.9 Å². The van der Waals surface area contributed by atoms with Crippen molar-refractivity contribution in [2.24, 2.45) is 0 Å². The average Bonchev–Trinajstić information content (AvgIpc) is 2.79. The summed E-state index contributed by atoms with van der Waals surface area (Å²) in [7, 11) is 0. The third kappa shape index (κ3) is 5.24. The van der Waals surface area contributed by atoms with Crippen LogP contribution >= 0.6 is 0 Å². The van der Waals surface area contributed by atoms with Gasteiger partial charge in [0, 0.05) is 5.56 Å². The number of carbonyl (C=O) groups is 2. The number of benzene rings is 3. The third-order valence-electron chi connectivity index (χ3n) is 4.38. The van der Waals surface area contributed by atoms with E-state index < -0.39 is 18.0 Å². The number of ether oxygens (including phenoxy) is 2. The number of nitrogens with one attached hydrogen (secondary N) is 1. The molecule has 6 nitrogen and oxygen atoms in total. The van der Waals surface area contributed by atoms with Crippen molar-refractivity contribution < 1.29 is 24.2 Å². The van der Waals surface area contributed by atoms with Crippen molar-refractivity contribution in [2.75, 3.05) is 11.9 Å². The molecule has 0 aliphatic heterocycles. The Morgan fingerprint density at radius 1 is 0.933 bits per heavy atom. The molecule has 30 heavy (non-hydrogen) atoms. The van der Waals surface area contributed by atoms with E-state index in [2.05, 4.69) is 5.32 Å². The second-order valence-corrected chi connectivity index (χ2v) is 6.47. The molecule has 0 aliphatic carbocycles. The zero-order valence-corrected chi connectivity index (χ0v) is 16.6. The second kappa shape index (κ2) is 10.2. The Bertz CT molecular complexity index is 986. The smallest absolute Gasteiger partial charge is 0.339 e. The van der Waals surface area contributed by atoms with Crippen molar-refractivity contribution in [3.05, 3.63) is 95.6 Å². The number of carbonyl (C=O) groups excluding carboxylic acids is 2. The molecule has 0 bridgehead atoms. The summed E-state index contributed by atoms with van der Waals surface area (Å²) in [5, 5.41) is 12.0. The highest BCUT2D eigenvalue weighted by atomic mass is 16.5. The largest absolute Gasteiger partial charge is 0.492 e. The number of para-hydroxylation sites is 2. The maximum Gasteiger partial charge on any atom is 0.339 e. The summed E-state index contributed by atoms with van der Waals surface area (Å²) in [6, 6.07) is 22.2. The second-order valence-electron chi connectivity index (χ2n) is 6.47. The fourth-order valence-electron chi connectivity index (χ4n) is 2.87. The van der Waals surface area contributed by atoms with Crippen LogP contribution in [-0.4, -0.2) is 23.6 Å². The number of amides is 1. The maximum absolute atomic E-state index is 13.1.